The zero-order chi connectivity index (χ0) is 38.7. The largest absolute Gasteiger partial charge is 0.493 e. The number of rotatable bonds is 16. The summed E-state index contributed by atoms with van der Waals surface area (Å²) in [7, 11) is 2.93. The number of nitrogens with zero attached hydrogens (tertiary/aromatic N) is 2. The Bertz CT molecular complexity index is 1690. The van der Waals surface area contributed by atoms with Crippen molar-refractivity contribution in [3.8, 4) is 23.0 Å². The van der Waals surface area contributed by atoms with Gasteiger partial charge in [0, 0.05) is 56.2 Å². The number of methoxy groups -OCH3 is 2. The van der Waals surface area contributed by atoms with Crippen LogP contribution >= 0.6 is 0 Å². The van der Waals surface area contributed by atoms with E-state index >= 15 is 0 Å². The van der Waals surface area contributed by atoms with Crippen LogP contribution in [0.1, 0.15) is 67.7 Å². The molecule has 0 spiro atoms. The number of hydrogen-bond acceptors (Lipinski definition) is 12. The molecule has 0 saturated heterocycles. The van der Waals surface area contributed by atoms with Crippen LogP contribution in [0.3, 0.4) is 0 Å². The SMILES string of the molecule is CC=CC1=CN(C(=O)c2cc(OC)c(OCCCOc3cc(N)c(C(=O)N4C=C(C=CC)CC4COC(C)=O)cc3OC)cc2N)C(COC(C)=O)C1. The zero-order valence-corrected chi connectivity index (χ0v) is 31.0. The number of anilines is 2. The highest BCUT2D eigenvalue weighted by atomic mass is 16.5. The molecule has 4 rings (SSSR count). The van der Waals surface area contributed by atoms with Gasteiger partial charge < -0.3 is 49.7 Å². The average Bonchev–Trinajstić information content (AvgIpc) is 3.73. The highest BCUT2D eigenvalue weighted by Crippen LogP contribution is 2.36. The standard InChI is InChI=1S/C39H48N4O10/c1-7-10-26-14-28(22-52-24(3)44)42(20-26)38(46)30-16-34(48-5)36(18-32(30)40)50-12-9-13-51-37-19-33(41)31(17-35(37)49-6)39(47)43-21-27(11-8-2)15-29(43)23-53-25(4)45/h7-8,10-11,16-21,28-29H,9,12-15,22-23,40-41H2,1-6H3. The van der Waals surface area contributed by atoms with E-state index in [0.29, 0.717) is 42.3 Å². The lowest BCUT2D eigenvalue weighted by Crippen LogP contribution is -2.37. The van der Waals surface area contributed by atoms with Crippen LogP contribution in [0.5, 0.6) is 23.0 Å². The van der Waals surface area contributed by atoms with Crippen LogP contribution in [0.2, 0.25) is 0 Å². The molecule has 2 atom stereocenters. The van der Waals surface area contributed by atoms with Crippen molar-refractivity contribution in [3.63, 3.8) is 0 Å². The molecule has 0 fully saturated rings. The summed E-state index contributed by atoms with van der Waals surface area (Å²) in [6, 6.07) is 5.37. The molecule has 0 radical (unpaired) electrons. The van der Waals surface area contributed by atoms with E-state index in [1.165, 1.54) is 62.1 Å². The van der Waals surface area contributed by atoms with E-state index in [0.717, 1.165) is 11.1 Å². The maximum Gasteiger partial charge on any atom is 0.302 e. The highest BCUT2D eigenvalue weighted by Gasteiger charge is 2.33. The van der Waals surface area contributed by atoms with Crippen molar-refractivity contribution in [2.75, 3.05) is 52.1 Å². The minimum atomic E-state index is -0.430. The number of allylic oxidation sites excluding steroid dienone is 4. The topological polar surface area (TPSA) is 182 Å². The number of benzene rings is 2. The van der Waals surface area contributed by atoms with Crippen LogP contribution in [-0.2, 0) is 19.1 Å². The second-order valence-corrected chi connectivity index (χ2v) is 12.4. The third-order valence-electron chi connectivity index (χ3n) is 8.46. The summed E-state index contributed by atoms with van der Waals surface area (Å²) in [4.78, 5) is 53.3. The molecule has 2 unspecified atom stereocenters. The first-order valence-electron chi connectivity index (χ1n) is 17.2. The number of carbonyl (C=O) groups excluding carboxylic acids is 4. The van der Waals surface area contributed by atoms with Crippen LogP contribution in [0.15, 0.2) is 72.1 Å². The van der Waals surface area contributed by atoms with Crippen LogP contribution in [0.4, 0.5) is 11.4 Å². The lowest BCUT2D eigenvalue weighted by Gasteiger charge is -2.24. The number of amides is 2. The van der Waals surface area contributed by atoms with Crippen molar-refractivity contribution < 1.29 is 47.6 Å². The molecular formula is C39H48N4O10. The second kappa shape index (κ2) is 18.5. The zero-order valence-electron chi connectivity index (χ0n) is 31.0. The molecule has 0 aliphatic carbocycles. The number of nitrogens with two attached hydrogens (primary N) is 2. The van der Waals surface area contributed by atoms with Crippen molar-refractivity contribution in [3.05, 3.63) is 83.2 Å². The van der Waals surface area contributed by atoms with Crippen molar-refractivity contribution in [2.45, 2.75) is 59.0 Å². The van der Waals surface area contributed by atoms with Gasteiger partial charge in [-0.3, -0.25) is 19.2 Å². The molecular weight excluding hydrogens is 684 g/mol. The first-order chi connectivity index (χ1) is 25.4. The molecule has 2 aromatic carbocycles. The summed E-state index contributed by atoms with van der Waals surface area (Å²) in [5.74, 6) is -0.281. The van der Waals surface area contributed by atoms with Gasteiger partial charge in [0.1, 0.15) is 13.2 Å². The van der Waals surface area contributed by atoms with E-state index in [1.54, 1.807) is 12.4 Å². The molecule has 2 heterocycles. The number of ether oxygens (including phenoxy) is 6. The molecule has 2 aliphatic heterocycles. The number of hydrogen-bond donors (Lipinski definition) is 2. The summed E-state index contributed by atoms with van der Waals surface area (Å²) in [5, 5.41) is 0. The van der Waals surface area contributed by atoms with Crippen molar-refractivity contribution in [1.82, 2.24) is 9.80 Å². The quantitative estimate of drug-likeness (QED) is 0.131. The summed E-state index contributed by atoms with van der Waals surface area (Å²) in [6.07, 6.45) is 12.5. The maximum atomic E-state index is 13.7. The Kier molecular flexibility index (Phi) is 13.9. The van der Waals surface area contributed by atoms with Crippen LogP contribution < -0.4 is 30.4 Å². The Morgan fingerprint density at radius 1 is 0.679 bits per heavy atom. The molecule has 4 N–H and O–H groups in total. The third kappa shape index (κ3) is 10.1. The van der Waals surface area contributed by atoms with Gasteiger partial charge in [0.05, 0.1) is 50.6 Å². The number of carbonyl (C=O) groups is 4. The van der Waals surface area contributed by atoms with Crippen molar-refractivity contribution in [2.24, 2.45) is 0 Å². The van der Waals surface area contributed by atoms with E-state index in [4.69, 9.17) is 39.9 Å². The molecule has 14 nitrogen and oxygen atoms in total. The number of nitrogen functional groups attached to an aromatic ring is 2. The Morgan fingerprint density at radius 3 is 1.42 bits per heavy atom. The highest BCUT2D eigenvalue weighted by molar-refractivity contribution is 6.02. The van der Waals surface area contributed by atoms with Gasteiger partial charge in [-0.2, -0.15) is 0 Å². The Hall–Kier alpha value is -5.92. The van der Waals surface area contributed by atoms with Gasteiger partial charge in [0.15, 0.2) is 23.0 Å². The van der Waals surface area contributed by atoms with Gasteiger partial charge in [0.2, 0.25) is 0 Å². The molecule has 0 saturated carbocycles. The molecule has 0 aromatic heterocycles. The second-order valence-electron chi connectivity index (χ2n) is 12.4. The van der Waals surface area contributed by atoms with E-state index in [9.17, 15) is 19.2 Å². The van der Waals surface area contributed by atoms with Crippen molar-refractivity contribution >= 4 is 35.1 Å². The van der Waals surface area contributed by atoms with Crippen LogP contribution in [0, 0.1) is 0 Å². The molecule has 0 bridgehead atoms. The van der Waals surface area contributed by atoms with Gasteiger partial charge in [-0.1, -0.05) is 24.3 Å². The normalized spacial score (nSPS) is 16.8. The summed E-state index contributed by atoms with van der Waals surface area (Å²) in [6.45, 7) is 6.93. The van der Waals surface area contributed by atoms with Gasteiger partial charge in [-0.15, -0.1) is 0 Å². The third-order valence-corrected chi connectivity index (χ3v) is 8.46. The minimum absolute atomic E-state index is 0.0488. The van der Waals surface area contributed by atoms with E-state index in [2.05, 4.69) is 0 Å². The predicted molar refractivity (Wildman–Crippen MR) is 199 cm³/mol. The fourth-order valence-electron chi connectivity index (χ4n) is 5.99. The predicted octanol–water partition coefficient (Wildman–Crippen LogP) is 5.19. The molecule has 53 heavy (non-hydrogen) atoms. The Morgan fingerprint density at radius 2 is 1.08 bits per heavy atom. The van der Waals surface area contributed by atoms with E-state index in [-0.39, 0.29) is 72.8 Å². The van der Waals surface area contributed by atoms with Crippen LogP contribution in [-0.4, -0.2) is 86.3 Å². The maximum absolute atomic E-state index is 13.7. The minimum Gasteiger partial charge on any atom is -0.493 e. The Balaban J connectivity index is 1.40. The number of esters is 2. The van der Waals surface area contributed by atoms with Crippen molar-refractivity contribution in [1.29, 1.82) is 0 Å². The summed E-state index contributed by atoms with van der Waals surface area (Å²) >= 11 is 0. The molecule has 14 heteroatoms. The lowest BCUT2D eigenvalue weighted by atomic mass is 10.1. The fraction of sp³-hybridized carbons (Fsp3) is 0.385. The smallest absolute Gasteiger partial charge is 0.302 e. The van der Waals surface area contributed by atoms with Gasteiger partial charge in [0.25, 0.3) is 11.8 Å². The van der Waals surface area contributed by atoms with E-state index in [1.807, 2.05) is 38.2 Å². The summed E-state index contributed by atoms with van der Waals surface area (Å²) in [5.41, 5.74) is 15.3. The molecule has 2 aliphatic rings. The summed E-state index contributed by atoms with van der Waals surface area (Å²) < 4.78 is 33.4. The lowest BCUT2D eigenvalue weighted by molar-refractivity contribution is -0.143. The van der Waals surface area contributed by atoms with Gasteiger partial charge >= 0.3 is 11.9 Å². The van der Waals surface area contributed by atoms with E-state index < -0.39 is 11.9 Å². The monoisotopic (exact) mass is 732 g/mol. The van der Waals surface area contributed by atoms with Crippen LogP contribution in [0.25, 0.3) is 0 Å². The van der Waals surface area contributed by atoms with Gasteiger partial charge in [-0.05, 0) is 50.0 Å². The first kappa shape index (κ1) is 39.9. The molecule has 284 valence electrons. The Labute approximate surface area is 309 Å². The molecule has 2 amide bonds. The first-order valence-corrected chi connectivity index (χ1v) is 17.2. The average molecular weight is 733 g/mol. The molecule has 2 aromatic rings. The fourth-order valence-corrected chi connectivity index (χ4v) is 5.99. The van der Waals surface area contributed by atoms with Gasteiger partial charge in [-0.25, -0.2) is 0 Å².